The first kappa shape index (κ1) is 19.1. The number of carbonyl (C=O) groups is 1. The SMILES string of the molecule is O=C(CSc1nnc(Nc2ccc([N+](=O)[O-])cc2)s1)Nc1cccc(Cl)c1. The van der Waals surface area contributed by atoms with Crippen LogP contribution in [-0.4, -0.2) is 26.8 Å². The molecule has 8 nitrogen and oxygen atoms in total. The van der Waals surface area contributed by atoms with E-state index in [1.54, 1.807) is 36.4 Å². The van der Waals surface area contributed by atoms with Gasteiger partial charge >= 0.3 is 0 Å². The van der Waals surface area contributed by atoms with Gasteiger partial charge in [0.1, 0.15) is 0 Å². The van der Waals surface area contributed by atoms with Crippen LogP contribution in [0.15, 0.2) is 52.9 Å². The average Bonchev–Trinajstić information content (AvgIpc) is 3.08. The Kier molecular flexibility index (Phi) is 6.22. The van der Waals surface area contributed by atoms with Gasteiger partial charge < -0.3 is 10.6 Å². The third-order valence-electron chi connectivity index (χ3n) is 3.17. The lowest BCUT2D eigenvalue weighted by atomic mass is 10.3. The number of hydrogen-bond acceptors (Lipinski definition) is 8. The number of anilines is 3. The van der Waals surface area contributed by atoms with Gasteiger partial charge in [0, 0.05) is 28.5 Å². The molecule has 0 spiro atoms. The van der Waals surface area contributed by atoms with Crippen LogP contribution in [0.4, 0.5) is 22.2 Å². The van der Waals surface area contributed by atoms with Crippen molar-refractivity contribution in [2.45, 2.75) is 4.34 Å². The molecule has 1 aromatic heterocycles. The molecule has 27 heavy (non-hydrogen) atoms. The summed E-state index contributed by atoms with van der Waals surface area (Å²) in [6.45, 7) is 0. The Bertz CT molecular complexity index is 965. The van der Waals surface area contributed by atoms with Gasteiger partial charge in [-0.05, 0) is 30.3 Å². The number of non-ortho nitro benzene ring substituents is 1. The zero-order valence-electron chi connectivity index (χ0n) is 13.6. The fourth-order valence-electron chi connectivity index (χ4n) is 2.00. The highest BCUT2D eigenvalue weighted by Gasteiger charge is 2.10. The fourth-order valence-corrected chi connectivity index (χ4v) is 3.76. The van der Waals surface area contributed by atoms with Gasteiger partial charge in [-0.3, -0.25) is 14.9 Å². The minimum Gasteiger partial charge on any atom is -0.330 e. The zero-order valence-corrected chi connectivity index (χ0v) is 16.0. The molecule has 11 heteroatoms. The first-order valence-corrected chi connectivity index (χ1v) is 9.71. The Hall–Kier alpha value is -2.69. The fraction of sp³-hybridized carbons (Fsp3) is 0.0625. The van der Waals surface area contributed by atoms with E-state index in [0.29, 0.717) is 25.9 Å². The summed E-state index contributed by atoms with van der Waals surface area (Å²) in [6.07, 6.45) is 0. The number of nitro groups is 1. The molecular weight excluding hydrogens is 410 g/mol. The van der Waals surface area contributed by atoms with Crippen LogP contribution in [0.3, 0.4) is 0 Å². The summed E-state index contributed by atoms with van der Waals surface area (Å²) < 4.78 is 0.626. The van der Waals surface area contributed by atoms with E-state index in [2.05, 4.69) is 20.8 Å². The number of nitrogens with zero attached hydrogens (tertiary/aromatic N) is 3. The van der Waals surface area contributed by atoms with Crippen LogP contribution in [-0.2, 0) is 4.79 Å². The maximum absolute atomic E-state index is 12.0. The van der Waals surface area contributed by atoms with E-state index in [1.807, 2.05) is 0 Å². The highest BCUT2D eigenvalue weighted by molar-refractivity contribution is 8.01. The molecule has 0 aliphatic heterocycles. The van der Waals surface area contributed by atoms with Gasteiger partial charge in [-0.25, -0.2) is 0 Å². The molecule has 0 saturated heterocycles. The van der Waals surface area contributed by atoms with Crippen molar-refractivity contribution in [1.29, 1.82) is 0 Å². The van der Waals surface area contributed by atoms with Gasteiger partial charge in [-0.1, -0.05) is 40.8 Å². The van der Waals surface area contributed by atoms with Crippen LogP contribution in [0.1, 0.15) is 0 Å². The monoisotopic (exact) mass is 421 g/mol. The summed E-state index contributed by atoms with van der Waals surface area (Å²) in [4.78, 5) is 22.2. The predicted molar refractivity (Wildman–Crippen MR) is 107 cm³/mol. The van der Waals surface area contributed by atoms with Crippen molar-refractivity contribution in [1.82, 2.24) is 10.2 Å². The van der Waals surface area contributed by atoms with Gasteiger partial charge in [0.2, 0.25) is 11.0 Å². The molecule has 138 valence electrons. The summed E-state index contributed by atoms with van der Waals surface area (Å²) >= 11 is 8.43. The van der Waals surface area contributed by atoms with Crippen molar-refractivity contribution >= 4 is 62.8 Å². The van der Waals surface area contributed by atoms with Crippen molar-refractivity contribution in [2.75, 3.05) is 16.4 Å². The van der Waals surface area contributed by atoms with Gasteiger partial charge in [0.15, 0.2) is 4.34 Å². The maximum atomic E-state index is 12.0. The van der Waals surface area contributed by atoms with E-state index in [0.717, 1.165) is 0 Å². The van der Waals surface area contributed by atoms with Crippen molar-refractivity contribution in [3.05, 3.63) is 63.7 Å². The molecule has 1 amide bonds. The highest BCUT2D eigenvalue weighted by Crippen LogP contribution is 2.28. The first-order valence-electron chi connectivity index (χ1n) is 7.53. The molecular formula is C16H12ClN5O3S2. The van der Waals surface area contributed by atoms with Gasteiger partial charge in [-0.15, -0.1) is 10.2 Å². The number of thioether (sulfide) groups is 1. The van der Waals surface area contributed by atoms with Crippen LogP contribution in [0.2, 0.25) is 5.02 Å². The molecule has 0 bridgehead atoms. The first-order chi connectivity index (χ1) is 13.0. The van der Waals surface area contributed by atoms with Crippen molar-refractivity contribution in [3.63, 3.8) is 0 Å². The van der Waals surface area contributed by atoms with Crippen molar-refractivity contribution in [2.24, 2.45) is 0 Å². The normalized spacial score (nSPS) is 10.4. The zero-order chi connectivity index (χ0) is 19.2. The van der Waals surface area contributed by atoms with E-state index in [4.69, 9.17) is 11.6 Å². The van der Waals surface area contributed by atoms with Crippen LogP contribution >= 0.6 is 34.7 Å². The third kappa shape index (κ3) is 5.64. The molecule has 3 aromatic rings. The van der Waals surface area contributed by atoms with Gasteiger partial charge in [0.25, 0.3) is 5.69 Å². The second-order valence-corrected chi connectivity index (χ2v) is 7.79. The van der Waals surface area contributed by atoms with Gasteiger partial charge in [0.05, 0.1) is 10.7 Å². The van der Waals surface area contributed by atoms with Crippen LogP contribution in [0.5, 0.6) is 0 Å². The maximum Gasteiger partial charge on any atom is 0.269 e. The summed E-state index contributed by atoms with van der Waals surface area (Å²) in [5.41, 5.74) is 1.30. The largest absolute Gasteiger partial charge is 0.330 e. The number of benzene rings is 2. The summed E-state index contributed by atoms with van der Waals surface area (Å²) in [7, 11) is 0. The minimum absolute atomic E-state index is 0.0137. The standard InChI is InChI=1S/C16H12ClN5O3S2/c17-10-2-1-3-12(8-10)18-14(23)9-26-16-21-20-15(27-16)19-11-4-6-13(7-5-11)22(24)25/h1-8H,9H2,(H,18,23)(H,19,20). The molecule has 2 aromatic carbocycles. The minimum atomic E-state index is -0.460. The van der Waals surface area contributed by atoms with E-state index < -0.39 is 4.92 Å². The smallest absolute Gasteiger partial charge is 0.269 e. The number of hydrogen-bond donors (Lipinski definition) is 2. The van der Waals surface area contributed by atoms with Crippen LogP contribution < -0.4 is 10.6 Å². The second-order valence-electron chi connectivity index (χ2n) is 5.15. The Morgan fingerprint density at radius 2 is 1.96 bits per heavy atom. The Labute approximate surface area is 167 Å². The number of halogens is 1. The molecule has 0 aliphatic carbocycles. The van der Waals surface area contributed by atoms with E-state index in [-0.39, 0.29) is 17.3 Å². The molecule has 0 unspecified atom stereocenters. The topological polar surface area (TPSA) is 110 Å². The quantitative estimate of drug-likeness (QED) is 0.326. The molecule has 2 N–H and O–H groups in total. The molecule has 3 rings (SSSR count). The predicted octanol–water partition coefficient (Wildman–Crippen LogP) is 4.57. The number of nitro benzene ring substituents is 1. The third-order valence-corrected chi connectivity index (χ3v) is 5.38. The van der Waals surface area contributed by atoms with Crippen molar-refractivity contribution in [3.8, 4) is 0 Å². The lowest BCUT2D eigenvalue weighted by molar-refractivity contribution is -0.384. The van der Waals surface area contributed by atoms with E-state index in [1.165, 1.54) is 35.2 Å². The van der Waals surface area contributed by atoms with Crippen molar-refractivity contribution < 1.29 is 9.72 Å². The number of nitrogens with one attached hydrogen (secondary N) is 2. The Morgan fingerprint density at radius 1 is 1.19 bits per heavy atom. The second kappa shape index (κ2) is 8.80. The number of amides is 1. The molecule has 0 radical (unpaired) electrons. The van der Waals surface area contributed by atoms with Crippen LogP contribution in [0.25, 0.3) is 0 Å². The molecule has 0 fully saturated rings. The summed E-state index contributed by atoms with van der Waals surface area (Å²) in [5, 5.41) is 25.5. The summed E-state index contributed by atoms with van der Waals surface area (Å²) in [5.74, 6) is 0.000860. The molecule has 0 saturated carbocycles. The Morgan fingerprint density at radius 3 is 2.67 bits per heavy atom. The van der Waals surface area contributed by atoms with Gasteiger partial charge in [-0.2, -0.15) is 0 Å². The summed E-state index contributed by atoms with van der Waals surface area (Å²) in [6, 6.07) is 12.9. The van der Waals surface area contributed by atoms with E-state index in [9.17, 15) is 14.9 Å². The lowest BCUT2D eigenvalue weighted by Gasteiger charge is -2.04. The number of carbonyl (C=O) groups excluding carboxylic acids is 1. The average molecular weight is 422 g/mol. The number of rotatable bonds is 7. The van der Waals surface area contributed by atoms with E-state index >= 15 is 0 Å². The lowest BCUT2D eigenvalue weighted by Crippen LogP contribution is -2.13. The Balaban J connectivity index is 1.51. The highest BCUT2D eigenvalue weighted by atomic mass is 35.5. The molecule has 0 atom stereocenters. The van der Waals surface area contributed by atoms with Crippen LogP contribution in [0, 0.1) is 10.1 Å². The molecule has 0 aliphatic rings. The molecule has 1 heterocycles. The number of aromatic nitrogens is 2.